The van der Waals surface area contributed by atoms with Gasteiger partial charge in [-0.05, 0) is 6.42 Å². The van der Waals surface area contributed by atoms with Gasteiger partial charge in [0, 0.05) is 38.4 Å². The lowest BCUT2D eigenvalue weighted by atomic mass is 10.1. The van der Waals surface area contributed by atoms with Gasteiger partial charge in [-0.3, -0.25) is 23.9 Å². The van der Waals surface area contributed by atoms with E-state index in [1.165, 1.54) is 24.6 Å². The minimum atomic E-state index is -1.69. The minimum Gasteiger partial charge on any atom is -0.465 e. The fraction of sp³-hybridized carbons (Fsp3) is 0.579. The third kappa shape index (κ3) is 5.95. The summed E-state index contributed by atoms with van der Waals surface area (Å²) in [5.41, 5.74) is 2.30. The lowest BCUT2D eigenvalue weighted by Gasteiger charge is -2.18. The van der Waals surface area contributed by atoms with Crippen molar-refractivity contribution in [3.8, 4) is 11.5 Å². The summed E-state index contributed by atoms with van der Waals surface area (Å²) in [5.74, 6) is 1.81. The number of hydrogen-bond donors (Lipinski definition) is 1. The standard InChI is InChI=1S/C19H26N2O6Si/c1-12(22)26-11-15-8-16(9-17(15)27-13(2)23)21-10-14(6-7-28(3,4)5)18(24)20-19(21)25/h10,15-17H,8-9,11H2,1-5H3,(H,20,24,25)/t15-,16-,17+/m1/s1. The Labute approximate surface area is 164 Å². The van der Waals surface area contributed by atoms with Gasteiger partial charge in [-0.2, -0.15) is 0 Å². The second-order valence-electron chi connectivity index (χ2n) is 8.05. The zero-order valence-electron chi connectivity index (χ0n) is 16.8. The maximum Gasteiger partial charge on any atom is 0.328 e. The first-order valence-electron chi connectivity index (χ1n) is 9.15. The highest BCUT2D eigenvalue weighted by Crippen LogP contribution is 2.36. The molecule has 0 amide bonds. The van der Waals surface area contributed by atoms with Crippen molar-refractivity contribution in [2.75, 3.05) is 6.61 Å². The summed E-state index contributed by atoms with van der Waals surface area (Å²) in [6.45, 7) is 8.90. The third-order valence-electron chi connectivity index (χ3n) is 4.36. The summed E-state index contributed by atoms with van der Waals surface area (Å²) in [5, 5.41) is 0. The van der Waals surface area contributed by atoms with Crippen molar-refractivity contribution < 1.29 is 19.1 Å². The Hall–Kier alpha value is -2.60. The van der Waals surface area contributed by atoms with E-state index in [1.807, 2.05) is 0 Å². The van der Waals surface area contributed by atoms with Crippen molar-refractivity contribution in [3.05, 3.63) is 32.6 Å². The van der Waals surface area contributed by atoms with Crippen LogP contribution in [0.4, 0.5) is 0 Å². The van der Waals surface area contributed by atoms with Crippen LogP contribution >= 0.6 is 0 Å². The van der Waals surface area contributed by atoms with Gasteiger partial charge in [0.1, 0.15) is 19.7 Å². The Morgan fingerprint density at radius 1 is 1.21 bits per heavy atom. The number of nitrogens with zero attached hydrogens (tertiary/aromatic N) is 1. The van der Waals surface area contributed by atoms with Crippen LogP contribution in [-0.4, -0.2) is 42.3 Å². The lowest BCUT2D eigenvalue weighted by Crippen LogP contribution is -2.33. The molecule has 152 valence electrons. The minimum absolute atomic E-state index is 0.101. The average Bonchev–Trinajstić information content (AvgIpc) is 2.93. The Morgan fingerprint density at radius 3 is 2.46 bits per heavy atom. The van der Waals surface area contributed by atoms with Crippen LogP contribution in [0.1, 0.15) is 38.3 Å². The number of aromatic amines is 1. The molecule has 3 atom stereocenters. The van der Waals surface area contributed by atoms with E-state index in [9.17, 15) is 19.2 Å². The first-order valence-corrected chi connectivity index (χ1v) is 12.7. The fourth-order valence-electron chi connectivity index (χ4n) is 3.14. The van der Waals surface area contributed by atoms with E-state index in [2.05, 4.69) is 36.1 Å². The van der Waals surface area contributed by atoms with Crippen LogP contribution in [0.2, 0.25) is 19.6 Å². The predicted molar refractivity (Wildman–Crippen MR) is 105 cm³/mol. The molecule has 8 nitrogen and oxygen atoms in total. The molecule has 1 heterocycles. The van der Waals surface area contributed by atoms with Gasteiger partial charge in [0.2, 0.25) is 0 Å². The van der Waals surface area contributed by atoms with Gasteiger partial charge in [-0.25, -0.2) is 4.79 Å². The van der Waals surface area contributed by atoms with E-state index < -0.39 is 37.4 Å². The summed E-state index contributed by atoms with van der Waals surface area (Å²) < 4.78 is 11.9. The number of carbonyl (C=O) groups excluding carboxylic acids is 2. The summed E-state index contributed by atoms with van der Waals surface area (Å²) in [4.78, 5) is 49.3. The Kier molecular flexibility index (Phi) is 6.67. The molecule has 1 saturated carbocycles. The largest absolute Gasteiger partial charge is 0.465 e. The molecule has 0 aliphatic heterocycles. The number of carbonyl (C=O) groups is 2. The quantitative estimate of drug-likeness (QED) is 0.458. The number of esters is 2. The SMILES string of the molecule is CC(=O)OC[C@H]1C[C@@H](n2cc(C#C[Si](C)(C)C)c(=O)[nH]c2=O)C[C@@H]1OC(C)=O. The summed E-state index contributed by atoms with van der Waals surface area (Å²) in [6, 6.07) is -0.304. The molecular weight excluding hydrogens is 380 g/mol. The van der Waals surface area contributed by atoms with Crippen molar-refractivity contribution >= 4 is 20.0 Å². The molecule has 1 N–H and O–H groups in total. The molecule has 1 aliphatic rings. The number of rotatable bonds is 4. The molecule has 0 spiro atoms. The maximum atomic E-state index is 12.4. The van der Waals surface area contributed by atoms with E-state index in [0.717, 1.165) is 0 Å². The zero-order valence-corrected chi connectivity index (χ0v) is 17.8. The van der Waals surface area contributed by atoms with Crippen LogP contribution < -0.4 is 11.2 Å². The second-order valence-corrected chi connectivity index (χ2v) is 12.8. The number of aromatic nitrogens is 2. The highest BCUT2D eigenvalue weighted by atomic mass is 28.3. The smallest absolute Gasteiger partial charge is 0.328 e. The molecule has 0 radical (unpaired) electrons. The van der Waals surface area contributed by atoms with E-state index in [0.29, 0.717) is 12.8 Å². The molecule has 1 aliphatic carbocycles. The molecule has 28 heavy (non-hydrogen) atoms. The van der Waals surface area contributed by atoms with Crippen molar-refractivity contribution in [1.29, 1.82) is 0 Å². The van der Waals surface area contributed by atoms with Crippen LogP contribution in [-0.2, 0) is 19.1 Å². The first kappa shape index (κ1) is 21.7. The van der Waals surface area contributed by atoms with Crippen LogP contribution in [0.5, 0.6) is 0 Å². The summed E-state index contributed by atoms with van der Waals surface area (Å²) >= 11 is 0. The Balaban J connectivity index is 2.33. The lowest BCUT2D eigenvalue weighted by molar-refractivity contribution is -0.151. The molecule has 0 unspecified atom stereocenters. The molecular formula is C19H26N2O6Si. The summed E-state index contributed by atoms with van der Waals surface area (Å²) in [6.07, 6.45) is 1.85. The van der Waals surface area contributed by atoms with Crippen molar-refractivity contribution in [3.63, 3.8) is 0 Å². The normalized spacial score (nSPS) is 21.5. The van der Waals surface area contributed by atoms with E-state index in [-0.39, 0.29) is 24.1 Å². The molecule has 1 fully saturated rings. The highest BCUT2D eigenvalue weighted by molar-refractivity contribution is 6.83. The molecule has 0 aromatic carbocycles. The van der Waals surface area contributed by atoms with Crippen LogP contribution in [0.25, 0.3) is 0 Å². The molecule has 1 aromatic rings. The zero-order chi connectivity index (χ0) is 21.1. The Morgan fingerprint density at radius 2 is 1.89 bits per heavy atom. The molecule has 9 heteroatoms. The average molecular weight is 407 g/mol. The third-order valence-corrected chi connectivity index (χ3v) is 5.23. The number of H-pyrrole nitrogens is 1. The van der Waals surface area contributed by atoms with Crippen molar-refractivity contribution in [2.24, 2.45) is 5.92 Å². The number of ether oxygens (including phenoxy) is 2. The van der Waals surface area contributed by atoms with Crippen LogP contribution in [0, 0.1) is 17.4 Å². The van der Waals surface area contributed by atoms with Crippen LogP contribution in [0.3, 0.4) is 0 Å². The van der Waals surface area contributed by atoms with Gasteiger partial charge < -0.3 is 9.47 Å². The fourth-order valence-corrected chi connectivity index (χ4v) is 3.65. The van der Waals surface area contributed by atoms with Crippen molar-refractivity contribution in [2.45, 2.75) is 58.5 Å². The molecule has 2 rings (SSSR count). The van der Waals surface area contributed by atoms with E-state index in [4.69, 9.17) is 9.47 Å². The topological polar surface area (TPSA) is 107 Å². The Bertz CT molecular complexity index is 931. The second kappa shape index (κ2) is 8.60. The first-order chi connectivity index (χ1) is 13.0. The predicted octanol–water partition coefficient (Wildman–Crippen LogP) is 1.21. The van der Waals surface area contributed by atoms with Crippen molar-refractivity contribution in [1.82, 2.24) is 9.55 Å². The van der Waals surface area contributed by atoms with Gasteiger partial charge in [0.25, 0.3) is 5.56 Å². The van der Waals surface area contributed by atoms with Gasteiger partial charge >= 0.3 is 17.6 Å². The number of hydrogen-bond acceptors (Lipinski definition) is 6. The van der Waals surface area contributed by atoms with E-state index in [1.54, 1.807) is 0 Å². The summed E-state index contributed by atoms with van der Waals surface area (Å²) in [7, 11) is -1.69. The van der Waals surface area contributed by atoms with Crippen LogP contribution in [0.15, 0.2) is 15.8 Å². The monoisotopic (exact) mass is 406 g/mol. The molecule has 0 saturated heterocycles. The van der Waals surface area contributed by atoms with Gasteiger partial charge in [-0.15, -0.1) is 5.54 Å². The van der Waals surface area contributed by atoms with E-state index >= 15 is 0 Å². The molecule has 0 bridgehead atoms. The number of nitrogens with one attached hydrogen (secondary N) is 1. The maximum absolute atomic E-state index is 12.4. The van der Waals surface area contributed by atoms with Gasteiger partial charge in [0.05, 0.1) is 6.61 Å². The molecule has 1 aromatic heterocycles. The van der Waals surface area contributed by atoms with Gasteiger partial charge in [-0.1, -0.05) is 25.6 Å². The van der Waals surface area contributed by atoms with Gasteiger partial charge in [0.15, 0.2) is 0 Å². The highest BCUT2D eigenvalue weighted by Gasteiger charge is 2.38.